The van der Waals surface area contributed by atoms with Gasteiger partial charge in [-0.2, -0.15) is 0 Å². The minimum atomic E-state index is -0.0937. The predicted molar refractivity (Wildman–Crippen MR) is 107 cm³/mol. The van der Waals surface area contributed by atoms with Crippen molar-refractivity contribution >= 4 is 23.2 Å². The van der Waals surface area contributed by atoms with Crippen molar-refractivity contribution in [3.05, 3.63) is 41.3 Å². The zero-order valence-electron chi connectivity index (χ0n) is 15.7. The molecule has 0 radical (unpaired) electrons. The Labute approximate surface area is 163 Å². The molecule has 1 aliphatic rings. The fourth-order valence-corrected chi connectivity index (χ4v) is 4.23. The maximum Gasteiger partial charge on any atom is 0.265 e. The highest BCUT2D eigenvalue weighted by Crippen LogP contribution is 2.36. The first-order valence-electron chi connectivity index (χ1n) is 9.07. The molecular weight excluding hydrogens is 362 g/mol. The van der Waals surface area contributed by atoms with Crippen molar-refractivity contribution in [3.8, 4) is 16.2 Å². The van der Waals surface area contributed by atoms with E-state index in [1.54, 1.807) is 14.2 Å². The number of methoxy groups -OCH3 is 1. The molecular formula is C20H25N3O3S. The summed E-state index contributed by atoms with van der Waals surface area (Å²) >= 11 is 1.45. The van der Waals surface area contributed by atoms with E-state index in [-0.39, 0.29) is 17.9 Å². The summed E-state index contributed by atoms with van der Waals surface area (Å²) in [7, 11) is 3.23. The van der Waals surface area contributed by atoms with Gasteiger partial charge >= 0.3 is 0 Å². The molecule has 3 rings (SSSR count). The molecule has 2 aromatic rings. The molecule has 6 nitrogen and oxygen atoms in total. The van der Waals surface area contributed by atoms with E-state index in [2.05, 4.69) is 15.5 Å². The van der Waals surface area contributed by atoms with Crippen LogP contribution in [0.1, 0.15) is 22.5 Å². The normalized spacial score (nSPS) is 15.3. The highest BCUT2D eigenvalue weighted by Gasteiger charge is 2.24. The largest absolute Gasteiger partial charge is 0.495 e. The number of nitrogens with one attached hydrogen (secondary N) is 2. The fourth-order valence-electron chi connectivity index (χ4n) is 3.20. The van der Waals surface area contributed by atoms with E-state index in [4.69, 9.17) is 4.74 Å². The van der Waals surface area contributed by atoms with Crippen LogP contribution in [0.2, 0.25) is 0 Å². The van der Waals surface area contributed by atoms with Crippen molar-refractivity contribution in [1.82, 2.24) is 15.5 Å². The Morgan fingerprint density at radius 1 is 1.22 bits per heavy atom. The van der Waals surface area contributed by atoms with E-state index in [0.29, 0.717) is 17.2 Å². The molecule has 144 valence electrons. The van der Waals surface area contributed by atoms with Crippen LogP contribution >= 0.6 is 11.3 Å². The van der Waals surface area contributed by atoms with Gasteiger partial charge in [-0.05, 0) is 24.5 Å². The Balaban J connectivity index is 1.62. The summed E-state index contributed by atoms with van der Waals surface area (Å²) in [4.78, 5) is 28.0. The quantitative estimate of drug-likeness (QED) is 0.798. The zero-order chi connectivity index (χ0) is 19.2. The van der Waals surface area contributed by atoms with Crippen LogP contribution in [0.5, 0.6) is 5.75 Å². The number of carbonyl (C=O) groups is 2. The Kier molecular flexibility index (Phi) is 6.47. The van der Waals surface area contributed by atoms with E-state index in [0.717, 1.165) is 36.4 Å². The van der Waals surface area contributed by atoms with E-state index in [1.165, 1.54) is 11.3 Å². The van der Waals surface area contributed by atoms with Gasteiger partial charge in [0.05, 0.1) is 13.7 Å². The van der Waals surface area contributed by atoms with Crippen LogP contribution in [0.4, 0.5) is 0 Å². The van der Waals surface area contributed by atoms with Gasteiger partial charge in [0.15, 0.2) is 0 Å². The molecule has 0 aliphatic carbocycles. The lowest BCUT2D eigenvalue weighted by molar-refractivity contribution is -0.122. The average Bonchev–Trinajstić information content (AvgIpc) is 3.14. The number of hydrogen-bond donors (Lipinski definition) is 2. The number of hydrogen-bond acceptors (Lipinski definition) is 5. The Bertz CT molecular complexity index is 783. The Morgan fingerprint density at radius 3 is 2.56 bits per heavy atom. The summed E-state index contributed by atoms with van der Waals surface area (Å²) < 4.78 is 5.43. The van der Waals surface area contributed by atoms with Gasteiger partial charge < -0.3 is 15.4 Å². The van der Waals surface area contributed by atoms with Gasteiger partial charge in [-0.1, -0.05) is 30.3 Å². The van der Waals surface area contributed by atoms with Crippen LogP contribution in [0.15, 0.2) is 36.4 Å². The molecule has 2 N–H and O–H groups in total. The number of benzene rings is 1. The molecule has 1 fully saturated rings. The van der Waals surface area contributed by atoms with Gasteiger partial charge in [0, 0.05) is 31.1 Å². The summed E-state index contributed by atoms with van der Waals surface area (Å²) in [6, 6.07) is 12.0. The van der Waals surface area contributed by atoms with E-state index >= 15 is 0 Å². The lowest BCUT2D eigenvalue weighted by Crippen LogP contribution is -2.47. The van der Waals surface area contributed by atoms with Gasteiger partial charge in [0.2, 0.25) is 5.91 Å². The van der Waals surface area contributed by atoms with Gasteiger partial charge in [-0.15, -0.1) is 11.3 Å². The third kappa shape index (κ3) is 4.87. The standard InChI is InChI=1S/C20H25N3O3S/c1-21-18(24)13-23-10-8-15(9-11-23)22-20(25)19-16(26-2)12-17(27-19)14-6-4-3-5-7-14/h3-7,12,15H,8-11,13H2,1-2H3,(H,21,24)(H,22,25). The number of amides is 2. The smallest absolute Gasteiger partial charge is 0.265 e. The number of rotatable bonds is 6. The molecule has 1 aromatic carbocycles. The first-order valence-corrected chi connectivity index (χ1v) is 9.89. The first kappa shape index (κ1) is 19.4. The highest BCUT2D eigenvalue weighted by atomic mass is 32.1. The molecule has 27 heavy (non-hydrogen) atoms. The van der Waals surface area contributed by atoms with Crippen LogP contribution in [0, 0.1) is 0 Å². The minimum Gasteiger partial charge on any atom is -0.495 e. The summed E-state index contributed by atoms with van der Waals surface area (Å²) in [5, 5.41) is 5.77. The van der Waals surface area contributed by atoms with Crippen molar-refractivity contribution in [2.24, 2.45) is 0 Å². The maximum absolute atomic E-state index is 12.8. The third-order valence-electron chi connectivity index (χ3n) is 4.75. The monoisotopic (exact) mass is 387 g/mol. The molecule has 0 unspecified atom stereocenters. The number of piperidine rings is 1. The zero-order valence-corrected chi connectivity index (χ0v) is 16.5. The second kappa shape index (κ2) is 9.01. The second-order valence-electron chi connectivity index (χ2n) is 6.57. The van der Waals surface area contributed by atoms with E-state index in [9.17, 15) is 9.59 Å². The molecule has 0 bridgehead atoms. The van der Waals surface area contributed by atoms with Crippen LogP contribution in [0.25, 0.3) is 10.4 Å². The summed E-state index contributed by atoms with van der Waals surface area (Å²) in [5.41, 5.74) is 1.07. The Hall–Kier alpha value is -2.38. The summed E-state index contributed by atoms with van der Waals surface area (Å²) in [6.07, 6.45) is 1.67. The maximum atomic E-state index is 12.8. The molecule has 1 saturated heterocycles. The van der Waals surface area contributed by atoms with Gasteiger partial charge in [-0.25, -0.2) is 0 Å². The Morgan fingerprint density at radius 2 is 1.93 bits per heavy atom. The van der Waals surface area contributed by atoms with E-state index < -0.39 is 0 Å². The minimum absolute atomic E-state index is 0.0225. The van der Waals surface area contributed by atoms with Gasteiger partial charge in [0.1, 0.15) is 10.6 Å². The van der Waals surface area contributed by atoms with Crippen LogP contribution in [-0.4, -0.2) is 56.5 Å². The lowest BCUT2D eigenvalue weighted by atomic mass is 10.0. The number of thiophene rings is 1. The first-order chi connectivity index (χ1) is 13.1. The summed E-state index contributed by atoms with van der Waals surface area (Å²) in [6.45, 7) is 2.01. The third-order valence-corrected chi connectivity index (χ3v) is 5.92. The molecule has 7 heteroatoms. The number of ether oxygens (including phenoxy) is 1. The number of nitrogens with zero attached hydrogens (tertiary/aromatic N) is 1. The van der Waals surface area contributed by atoms with Crippen molar-refractivity contribution in [3.63, 3.8) is 0 Å². The molecule has 1 aliphatic heterocycles. The van der Waals surface area contributed by atoms with Gasteiger partial charge in [-0.3, -0.25) is 14.5 Å². The number of carbonyl (C=O) groups excluding carboxylic acids is 2. The highest BCUT2D eigenvalue weighted by molar-refractivity contribution is 7.17. The van der Waals surface area contributed by atoms with Gasteiger partial charge in [0.25, 0.3) is 5.91 Å². The van der Waals surface area contributed by atoms with Crippen LogP contribution in [-0.2, 0) is 4.79 Å². The summed E-state index contributed by atoms with van der Waals surface area (Å²) in [5.74, 6) is 0.534. The van der Waals surface area contributed by atoms with Crippen molar-refractivity contribution in [2.45, 2.75) is 18.9 Å². The molecule has 0 saturated carbocycles. The topological polar surface area (TPSA) is 70.7 Å². The molecule has 2 amide bonds. The molecule has 0 spiro atoms. The SMILES string of the molecule is CNC(=O)CN1CCC(NC(=O)c2sc(-c3ccccc3)cc2OC)CC1. The van der Waals surface area contributed by atoms with Crippen molar-refractivity contribution < 1.29 is 14.3 Å². The lowest BCUT2D eigenvalue weighted by Gasteiger charge is -2.31. The predicted octanol–water partition coefficient (Wildman–Crippen LogP) is 2.36. The molecule has 2 heterocycles. The fraction of sp³-hybridized carbons (Fsp3) is 0.400. The van der Waals surface area contributed by atoms with Crippen molar-refractivity contribution in [1.29, 1.82) is 0 Å². The molecule has 1 aromatic heterocycles. The van der Waals surface area contributed by atoms with E-state index in [1.807, 2.05) is 36.4 Å². The van der Waals surface area contributed by atoms with Crippen LogP contribution in [0.3, 0.4) is 0 Å². The second-order valence-corrected chi connectivity index (χ2v) is 7.62. The molecule has 0 atom stereocenters. The van der Waals surface area contributed by atoms with Crippen LogP contribution < -0.4 is 15.4 Å². The number of likely N-dealkylation sites (N-methyl/N-ethyl adjacent to an activating group) is 1. The number of likely N-dealkylation sites (tertiary alicyclic amines) is 1. The van der Waals surface area contributed by atoms with Crippen molar-refractivity contribution in [2.75, 3.05) is 33.8 Å². The average molecular weight is 388 g/mol.